The molecule has 0 amide bonds. The minimum Gasteiger partial charge on any atom is -0.471 e. The summed E-state index contributed by atoms with van der Waals surface area (Å²) < 4.78 is 44.7. The number of halogens is 3. The van der Waals surface area contributed by atoms with Gasteiger partial charge >= 0.3 is 6.18 Å². The third kappa shape index (κ3) is 2.52. The minimum atomic E-state index is -4.36. The number of benzene rings is 1. The van der Waals surface area contributed by atoms with Crippen LogP contribution in [0.2, 0.25) is 0 Å². The van der Waals surface area contributed by atoms with Crippen molar-refractivity contribution in [3.05, 3.63) is 35.4 Å². The molecule has 2 heterocycles. The first-order valence-electron chi connectivity index (χ1n) is 6.63. The zero-order chi connectivity index (χ0) is 14.2. The van der Waals surface area contributed by atoms with Crippen LogP contribution in [0.5, 0.6) is 0 Å². The normalized spacial score (nSPS) is 26.4. The van der Waals surface area contributed by atoms with Crippen molar-refractivity contribution in [3.63, 3.8) is 0 Å². The second-order valence-electron chi connectivity index (χ2n) is 5.06. The van der Waals surface area contributed by atoms with Crippen LogP contribution in [-0.2, 0) is 10.9 Å². The number of nitrogens with zero attached hydrogens (tertiary/aromatic N) is 1. The van der Waals surface area contributed by atoms with E-state index in [9.17, 15) is 13.2 Å². The zero-order valence-corrected chi connectivity index (χ0v) is 10.8. The molecule has 1 aromatic rings. The third-order valence-corrected chi connectivity index (χ3v) is 3.70. The summed E-state index contributed by atoms with van der Waals surface area (Å²) in [5.41, 5.74) is -0.462. The van der Waals surface area contributed by atoms with Gasteiger partial charge in [-0.05, 0) is 19.0 Å². The van der Waals surface area contributed by atoms with E-state index in [1.165, 1.54) is 12.1 Å². The number of nitrogens with one attached hydrogen (secondary N) is 1. The molecule has 1 aromatic carbocycles. The molecule has 1 N–H and O–H groups in total. The Morgan fingerprint density at radius 3 is 2.75 bits per heavy atom. The number of aliphatic imine (C=N–C) groups is 1. The molecule has 0 bridgehead atoms. The summed E-state index contributed by atoms with van der Waals surface area (Å²) in [6.07, 6.45) is -4.06. The second kappa shape index (κ2) is 5.09. The molecule has 2 atom stereocenters. The van der Waals surface area contributed by atoms with E-state index in [1.807, 2.05) is 0 Å². The highest BCUT2D eigenvalue weighted by Crippen LogP contribution is 2.37. The third-order valence-electron chi connectivity index (χ3n) is 3.70. The van der Waals surface area contributed by atoms with Gasteiger partial charge in [-0.2, -0.15) is 13.2 Å². The maximum Gasteiger partial charge on any atom is 0.416 e. The summed E-state index contributed by atoms with van der Waals surface area (Å²) in [4.78, 5) is 4.29. The van der Waals surface area contributed by atoms with E-state index in [4.69, 9.17) is 4.74 Å². The van der Waals surface area contributed by atoms with Crippen molar-refractivity contribution in [2.75, 3.05) is 19.6 Å². The highest BCUT2D eigenvalue weighted by molar-refractivity contribution is 5.81. The van der Waals surface area contributed by atoms with Crippen molar-refractivity contribution >= 4 is 5.90 Å². The maximum atomic E-state index is 13.0. The van der Waals surface area contributed by atoms with E-state index in [0.29, 0.717) is 5.90 Å². The van der Waals surface area contributed by atoms with Gasteiger partial charge in [-0.25, -0.2) is 0 Å². The van der Waals surface area contributed by atoms with Gasteiger partial charge in [0.25, 0.3) is 0 Å². The van der Waals surface area contributed by atoms with Crippen LogP contribution in [0.4, 0.5) is 13.2 Å². The topological polar surface area (TPSA) is 33.6 Å². The SMILES string of the molecule is FC(F)(F)c1ccccc1C1CN=C(C2CCNC2)O1. The van der Waals surface area contributed by atoms with Crippen LogP contribution < -0.4 is 5.32 Å². The molecule has 20 heavy (non-hydrogen) atoms. The number of hydrogen-bond donors (Lipinski definition) is 1. The highest BCUT2D eigenvalue weighted by atomic mass is 19.4. The molecule has 1 saturated heterocycles. The Morgan fingerprint density at radius 1 is 1.25 bits per heavy atom. The van der Waals surface area contributed by atoms with Crippen molar-refractivity contribution in [1.82, 2.24) is 5.32 Å². The summed E-state index contributed by atoms with van der Waals surface area (Å²) in [6.45, 7) is 1.95. The van der Waals surface area contributed by atoms with Gasteiger partial charge in [0.1, 0.15) is 6.10 Å². The number of ether oxygens (including phenoxy) is 1. The fourth-order valence-corrected chi connectivity index (χ4v) is 2.68. The van der Waals surface area contributed by atoms with Crippen molar-refractivity contribution in [3.8, 4) is 0 Å². The molecule has 3 nitrogen and oxygen atoms in total. The lowest BCUT2D eigenvalue weighted by Gasteiger charge is -2.18. The summed E-state index contributed by atoms with van der Waals surface area (Å²) in [7, 11) is 0. The van der Waals surface area contributed by atoms with Gasteiger partial charge in [0.2, 0.25) is 0 Å². The molecule has 0 saturated carbocycles. The Bertz CT molecular complexity index is 521. The lowest BCUT2D eigenvalue weighted by atomic mass is 10.0. The molecule has 0 spiro atoms. The van der Waals surface area contributed by atoms with Gasteiger partial charge in [0.15, 0.2) is 5.90 Å². The fourth-order valence-electron chi connectivity index (χ4n) is 2.68. The number of hydrogen-bond acceptors (Lipinski definition) is 3. The maximum absolute atomic E-state index is 13.0. The standard InChI is InChI=1S/C14H15F3N2O/c15-14(16,17)11-4-2-1-3-10(11)12-8-19-13(20-12)9-5-6-18-7-9/h1-4,9,12,18H,5-8H2. The quantitative estimate of drug-likeness (QED) is 0.906. The molecular weight excluding hydrogens is 269 g/mol. The predicted molar refractivity (Wildman–Crippen MR) is 68.5 cm³/mol. The highest BCUT2D eigenvalue weighted by Gasteiger charge is 2.37. The van der Waals surface area contributed by atoms with Gasteiger partial charge in [0.05, 0.1) is 12.1 Å². The Labute approximate surface area is 114 Å². The van der Waals surface area contributed by atoms with E-state index < -0.39 is 17.8 Å². The Kier molecular flexibility index (Phi) is 3.41. The average Bonchev–Trinajstić information content (AvgIpc) is 3.09. The molecule has 1 fully saturated rings. The molecule has 0 radical (unpaired) electrons. The fraction of sp³-hybridized carbons (Fsp3) is 0.500. The second-order valence-corrected chi connectivity index (χ2v) is 5.06. The molecule has 6 heteroatoms. The summed E-state index contributed by atoms with van der Waals surface area (Å²) in [5.74, 6) is 0.787. The molecule has 0 aromatic heterocycles. The van der Waals surface area contributed by atoms with Crippen LogP contribution in [0, 0.1) is 5.92 Å². The van der Waals surface area contributed by atoms with Crippen molar-refractivity contribution < 1.29 is 17.9 Å². The van der Waals surface area contributed by atoms with Gasteiger partial charge in [0, 0.05) is 18.0 Å². The molecule has 108 valence electrons. The van der Waals surface area contributed by atoms with Gasteiger partial charge in [-0.3, -0.25) is 4.99 Å². The summed E-state index contributed by atoms with van der Waals surface area (Å²) in [5, 5.41) is 3.20. The predicted octanol–water partition coefficient (Wildman–Crippen LogP) is 2.78. The molecule has 2 aliphatic heterocycles. The first-order valence-corrected chi connectivity index (χ1v) is 6.63. The summed E-state index contributed by atoms with van der Waals surface area (Å²) in [6, 6.07) is 5.56. The van der Waals surface area contributed by atoms with E-state index in [1.54, 1.807) is 6.07 Å². The van der Waals surface area contributed by atoms with Crippen LogP contribution in [0.1, 0.15) is 23.7 Å². The van der Waals surface area contributed by atoms with E-state index in [2.05, 4.69) is 10.3 Å². The van der Waals surface area contributed by atoms with E-state index in [0.717, 1.165) is 25.6 Å². The monoisotopic (exact) mass is 284 g/mol. The van der Waals surface area contributed by atoms with Gasteiger partial charge in [-0.1, -0.05) is 18.2 Å². The Hall–Kier alpha value is -1.56. The minimum absolute atomic E-state index is 0.171. The number of rotatable bonds is 2. The first kappa shape index (κ1) is 13.4. The van der Waals surface area contributed by atoms with Crippen molar-refractivity contribution in [2.24, 2.45) is 10.9 Å². The molecular formula is C14H15F3N2O. The van der Waals surface area contributed by atoms with Gasteiger partial charge in [-0.15, -0.1) is 0 Å². The lowest BCUT2D eigenvalue weighted by Crippen LogP contribution is -2.20. The van der Waals surface area contributed by atoms with Crippen LogP contribution in [-0.4, -0.2) is 25.5 Å². The molecule has 2 aliphatic rings. The Balaban J connectivity index is 1.79. The van der Waals surface area contributed by atoms with Crippen molar-refractivity contribution in [2.45, 2.75) is 18.7 Å². The first-order chi connectivity index (χ1) is 9.55. The van der Waals surface area contributed by atoms with Crippen LogP contribution in [0.15, 0.2) is 29.3 Å². The van der Waals surface area contributed by atoms with Gasteiger partial charge < -0.3 is 10.1 Å². The van der Waals surface area contributed by atoms with Crippen molar-refractivity contribution in [1.29, 1.82) is 0 Å². The smallest absolute Gasteiger partial charge is 0.416 e. The van der Waals surface area contributed by atoms with E-state index >= 15 is 0 Å². The Morgan fingerprint density at radius 2 is 2.05 bits per heavy atom. The summed E-state index contributed by atoms with van der Waals surface area (Å²) >= 11 is 0. The number of alkyl halides is 3. The lowest BCUT2D eigenvalue weighted by molar-refractivity contribution is -0.139. The zero-order valence-electron chi connectivity index (χ0n) is 10.8. The molecule has 2 unspecified atom stereocenters. The largest absolute Gasteiger partial charge is 0.471 e. The van der Waals surface area contributed by atoms with Crippen LogP contribution in [0.3, 0.4) is 0 Å². The molecule has 3 rings (SSSR count). The average molecular weight is 284 g/mol. The van der Waals surface area contributed by atoms with Crippen LogP contribution >= 0.6 is 0 Å². The van der Waals surface area contributed by atoms with Crippen LogP contribution in [0.25, 0.3) is 0 Å². The molecule has 0 aliphatic carbocycles. The van der Waals surface area contributed by atoms with E-state index in [-0.39, 0.29) is 18.0 Å².